The third-order valence-electron chi connectivity index (χ3n) is 8.14. The fourth-order valence-electron chi connectivity index (χ4n) is 5.72. The van der Waals surface area contributed by atoms with Gasteiger partial charge in [0.25, 0.3) is 5.82 Å². The minimum atomic E-state index is 0.623. The molecule has 0 spiro atoms. The molecule has 0 saturated heterocycles. The van der Waals surface area contributed by atoms with Gasteiger partial charge in [-0.25, -0.2) is 9.55 Å². The second-order valence-electron chi connectivity index (χ2n) is 11.5. The van der Waals surface area contributed by atoms with E-state index >= 15 is 0 Å². The molecule has 0 aromatic carbocycles. The Bertz CT molecular complexity index is 549. The van der Waals surface area contributed by atoms with Gasteiger partial charge in [0.1, 0.15) is 12.4 Å². The molecule has 2 unspecified atom stereocenters. The van der Waals surface area contributed by atoms with Gasteiger partial charge in [-0.15, -0.1) is 0 Å². The van der Waals surface area contributed by atoms with Gasteiger partial charge in [0, 0.05) is 0 Å². The maximum absolute atomic E-state index is 3.71. The van der Waals surface area contributed by atoms with E-state index in [4.69, 9.17) is 0 Å². The summed E-state index contributed by atoms with van der Waals surface area (Å²) in [7, 11) is 0. The van der Waals surface area contributed by atoms with Gasteiger partial charge in [-0.3, -0.25) is 0 Å². The molecule has 1 aromatic rings. The Labute approximate surface area is 221 Å². The number of nitrogens with zero attached hydrogens (tertiary/aromatic N) is 1. The van der Waals surface area contributed by atoms with E-state index in [1.165, 1.54) is 160 Å². The molecule has 2 nitrogen and oxygen atoms in total. The topological polar surface area (TPSA) is 19.7 Å². The van der Waals surface area contributed by atoms with Crippen molar-refractivity contribution < 1.29 is 4.57 Å². The number of aromatic nitrogens is 2. The summed E-state index contributed by atoms with van der Waals surface area (Å²) in [5.41, 5.74) is 0. The van der Waals surface area contributed by atoms with Gasteiger partial charge in [0.15, 0.2) is 0 Å². The zero-order chi connectivity index (χ0) is 25.4. The van der Waals surface area contributed by atoms with Crippen LogP contribution in [0.25, 0.3) is 0 Å². The molecule has 1 rings (SSSR count). The molecule has 0 amide bonds. The summed E-state index contributed by atoms with van der Waals surface area (Å²) in [6, 6.07) is 0.623. The highest BCUT2D eigenvalue weighted by Crippen LogP contribution is 2.27. The Morgan fingerprint density at radius 2 is 0.914 bits per heavy atom. The number of nitrogens with one attached hydrogen (secondary N) is 1. The molecule has 0 radical (unpaired) electrons. The molecule has 206 valence electrons. The summed E-state index contributed by atoms with van der Waals surface area (Å²) in [6.07, 6.45) is 38.3. The Kier molecular flexibility index (Phi) is 21.7. The first-order valence-electron chi connectivity index (χ1n) is 16.3. The van der Waals surface area contributed by atoms with Crippen LogP contribution in [-0.4, -0.2) is 4.98 Å². The number of hydrogen-bond acceptors (Lipinski definition) is 0. The molecule has 0 fully saturated rings. The van der Waals surface area contributed by atoms with E-state index in [-0.39, 0.29) is 0 Å². The quantitative estimate of drug-likeness (QED) is 0.0985. The Morgan fingerprint density at radius 1 is 0.543 bits per heavy atom. The minimum Gasteiger partial charge on any atom is -0.247 e. The highest BCUT2D eigenvalue weighted by atomic mass is 15.1. The van der Waals surface area contributed by atoms with E-state index in [0.29, 0.717) is 12.0 Å². The minimum absolute atomic E-state index is 0.623. The second kappa shape index (κ2) is 23.6. The Morgan fingerprint density at radius 3 is 1.37 bits per heavy atom. The summed E-state index contributed by atoms with van der Waals surface area (Å²) < 4.78 is 2.61. The molecule has 0 aliphatic rings. The first-order valence-corrected chi connectivity index (χ1v) is 16.3. The summed E-state index contributed by atoms with van der Waals surface area (Å²) in [5, 5.41) is 0. The number of H-pyrrole nitrogens is 1. The number of rotatable bonds is 26. The van der Waals surface area contributed by atoms with Gasteiger partial charge >= 0.3 is 0 Å². The molecule has 2 atom stereocenters. The molecule has 2 heteroatoms. The van der Waals surface area contributed by atoms with Crippen LogP contribution in [0.4, 0.5) is 0 Å². The molecule has 1 heterocycles. The third-order valence-corrected chi connectivity index (χ3v) is 8.14. The highest BCUT2D eigenvalue weighted by molar-refractivity contribution is 4.90. The van der Waals surface area contributed by atoms with Crippen LogP contribution >= 0.6 is 0 Å². The monoisotopic (exact) mass is 490 g/mol. The summed E-state index contributed by atoms with van der Waals surface area (Å²) in [4.78, 5) is 3.71. The number of aromatic amines is 1. The third kappa shape index (κ3) is 16.6. The molecule has 35 heavy (non-hydrogen) atoms. The molecular weight excluding hydrogens is 424 g/mol. The van der Waals surface area contributed by atoms with Crippen LogP contribution in [0.5, 0.6) is 0 Å². The summed E-state index contributed by atoms with van der Waals surface area (Å²) in [5.74, 6) is 2.24. The smallest absolute Gasteiger partial charge is 0.247 e. The van der Waals surface area contributed by atoms with E-state index in [1.54, 1.807) is 0 Å². The van der Waals surface area contributed by atoms with Gasteiger partial charge in [-0.2, -0.15) is 0 Å². The van der Waals surface area contributed by atoms with Gasteiger partial charge in [0.2, 0.25) is 0 Å². The first-order chi connectivity index (χ1) is 17.2. The second-order valence-corrected chi connectivity index (χ2v) is 11.5. The van der Waals surface area contributed by atoms with E-state index < -0.39 is 0 Å². The van der Waals surface area contributed by atoms with E-state index in [1.807, 2.05) is 0 Å². The molecule has 0 aliphatic carbocycles. The Hall–Kier alpha value is -0.790. The van der Waals surface area contributed by atoms with Gasteiger partial charge in [-0.05, 0) is 32.6 Å². The van der Waals surface area contributed by atoms with Crippen molar-refractivity contribution in [2.24, 2.45) is 0 Å². The lowest BCUT2D eigenvalue weighted by Gasteiger charge is -2.17. The Balaban J connectivity index is 2.47. The summed E-state index contributed by atoms with van der Waals surface area (Å²) >= 11 is 0. The van der Waals surface area contributed by atoms with Gasteiger partial charge < -0.3 is 0 Å². The zero-order valence-corrected chi connectivity index (χ0v) is 24.7. The first kappa shape index (κ1) is 32.2. The number of imidazole rings is 1. The van der Waals surface area contributed by atoms with Crippen LogP contribution in [0.2, 0.25) is 0 Å². The highest BCUT2D eigenvalue weighted by Gasteiger charge is 2.25. The van der Waals surface area contributed by atoms with Crippen molar-refractivity contribution >= 4 is 0 Å². The van der Waals surface area contributed by atoms with Crippen molar-refractivity contribution in [1.82, 2.24) is 4.98 Å². The van der Waals surface area contributed by atoms with Crippen LogP contribution in [0.15, 0.2) is 12.4 Å². The average Bonchev–Trinajstić information content (AvgIpc) is 3.36. The van der Waals surface area contributed by atoms with Crippen molar-refractivity contribution in [2.75, 3.05) is 0 Å². The normalized spacial score (nSPS) is 13.4. The van der Waals surface area contributed by atoms with Crippen molar-refractivity contribution in [3.8, 4) is 0 Å². The molecule has 0 aliphatic heterocycles. The molecule has 0 saturated carbocycles. The van der Waals surface area contributed by atoms with Crippen LogP contribution in [0.3, 0.4) is 0 Å². The SMILES string of the molecule is CCCCCCCCCCCCC(CCCCCCCCC)c1[nH]cc[n+]1C(C)CCCCCC. The van der Waals surface area contributed by atoms with E-state index in [0.717, 1.165) is 0 Å². The van der Waals surface area contributed by atoms with Crippen molar-refractivity contribution in [1.29, 1.82) is 0 Å². The maximum Gasteiger partial charge on any atom is 0.257 e. The molecule has 0 bridgehead atoms. The molecule has 1 aromatic heterocycles. The maximum atomic E-state index is 3.71. The van der Waals surface area contributed by atoms with Crippen LogP contribution in [-0.2, 0) is 0 Å². The molecule has 1 N–H and O–H groups in total. The van der Waals surface area contributed by atoms with Crippen LogP contribution in [0.1, 0.15) is 200 Å². The molecular formula is C33H65N2+. The predicted octanol–water partition coefficient (Wildman–Crippen LogP) is 11.4. The fraction of sp³-hybridized carbons (Fsp3) is 0.909. The lowest BCUT2D eigenvalue weighted by molar-refractivity contribution is -0.727. The number of unbranched alkanes of at least 4 members (excludes halogenated alkanes) is 18. The standard InChI is InChI=1S/C33H64N2/c1-5-8-11-14-16-17-18-20-22-25-28-32(27-24-21-19-15-12-9-6-2)33-34-29-30-35(33)31(4)26-23-13-10-7-3/h29-32H,5-28H2,1-4H3/p+1. The largest absolute Gasteiger partial charge is 0.257 e. The predicted molar refractivity (Wildman–Crippen MR) is 156 cm³/mol. The van der Waals surface area contributed by atoms with Gasteiger partial charge in [-0.1, -0.05) is 149 Å². The van der Waals surface area contributed by atoms with E-state index in [9.17, 15) is 0 Å². The number of hydrogen-bond donors (Lipinski definition) is 1. The lowest BCUT2D eigenvalue weighted by atomic mass is 9.92. The zero-order valence-electron chi connectivity index (χ0n) is 24.7. The van der Waals surface area contributed by atoms with Gasteiger partial charge in [0.05, 0.1) is 12.0 Å². The van der Waals surface area contributed by atoms with Crippen molar-refractivity contribution in [2.45, 2.75) is 194 Å². The van der Waals surface area contributed by atoms with E-state index in [2.05, 4.69) is 49.6 Å². The van der Waals surface area contributed by atoms with Crippen LogP contribution in [0, 0.1) is 0 Å². The van der Waals surface area contributed by atoms with Crippen LogP contribution < -0.4 is 4.57 Å². The lowest BCUT2D eigenvalue weighted by Crippen LogP contribution is -2.41. The average molecular weight is 490 g/mol. The van der Waals surface area contributed by atoms with Crippen molar-refractivity contribution in [3.63, 3.8) is 0 Å². The van der Waals surface area contributed by atoms with Crippen molar-refractivity contribution in [3.05, 3.63) is 18.2 Å². The summed E-state index contributed by atoms with van der Waals surface area (Å²) in [6.45, 7) is 9.37. The fourth-order valence-corrected chi connectivity index (χ4v) is 5.72.